The Bertz CT molecular complexity index is 1310. The average Bonchev–Trinajstić information content (AvgIpc) is 3.20. The van der Waals surface area contributed by atoms with Gasteiger partial charge in [0, 0.05) is 22.5 Å². The third-order valence-electron chi connectivity index (χ3n) is 7.70. The molecule has 0 aliphatic heterocycles. The normalized spacial score (nSPS) is 18.6. The molecular formula is C29H35NOSi. The lowest BCUT2D eigenvalue weighted by atomic mass is 9.69. The summed E-state index contributed by atoms with van der Waals surface area (Å²) in [5.41, 5.74) is 6.06. The number of aromatic nitrogens is 1. The van der Waals surface area contributed by atoms with Crippen LogP contribution in [0.1, 0.15) is 52.0 Å². The van der Waals surface area contributed by atoms with Gasteiger partial charge >= 0.3 is 0 Å². The van der Waals surface area contributed by atoms with Gasteiger partial charge in [-0.25, -0.2) is 0 Å². The van der Waals surface area contributed by atoms with Gasteiger partial charge in [-0.3, -0.25) is 4.98 Å². The van der Waals surface area contributed by atoms with Crippen LogP contribution in [0.5, 0.6) is 0 Å². The van der Waals surface area contributed by atoms with E-state index in [0.717, 1.165) is 22.4 Å². The van der Waals surface area contributed by atoms with E-state index in [2.05, 4.69) is 95.9 Å². The molecule has 0 unspecified atom stereocenters. The van der Waals surface area contributed by atoms with E-state index in [9.17, 15) is 0 Å². The van der Waals surface area contributed by atoms with Crippen LogP contribution in [0, 0.1) is 10.8 Å². The predicted molar refractivity (Wildman–Crippen MR) is 139 cm³/mol. The number of fused-ring (bicyclic) bond motifs is 3. The van der Waals surface area contributed by atoms with Gasteiger partial charge < -0.3 is 4.42 Å². The average molecular weight is 442 g/mol. The van der Waals surface area contributed by atoms with Crippen LogP contribution in [-0.2, 0) is 0 Å². The van der Waals surface area contributed by atoms with Crippen molar-refractivity contribution in [2.24, 2.45) is 10.8 Å². The summed E-state index contributed by atoms with van der Waals surface area (Å²) in [5.74, 6) is 0.518. The van der Waals surface area contributed by atoms with E-state index in [4.69, 9.17) is 9.40 Å². The first-order valence-corrected chi connectivity index (χ1v) is 15.4. The molecule has 1 aliphatic rings. The van der Waals surface area contributed by atoms with Crippen LogP contribution in [0.15, 0.2) is 59.1 Å². The van der Waals surface area contributed by atoms with Crippen LogP contribution in [0.4, 0.5) is 0 Å². The fourth-order valence-corrected chi connectivity index (χ4v) is 7.90. The minimum atomic E-state index is -1.55. The molecule has 0 bridgehead atoms. The smallest absolute Gasteiger partial charge is 0.144 e. The summed E-state index contributed by atoms with van der Waals surface area (Å²) in [5, 5.41) is 3.96. The van der Waals surface area contributed by atoms with Gasteiger partial charge in [-0.15, -0.1) is 0 Å². The number of nitrogens with zero attached hydrogens (tertiary/aromatic N) is 1. The summed E-state index contributed by atoms with van der Waals surface area (Å²) >= 11 is 0. The van der Waals surface area contributed by atoms with E-state index in [0.29, 0.717) is 16.7 Å². The molecule has 2 nitrogen and oxygen atoms in total. The van der Waals surface area contributed by atoms with Crippen molar-refractivity contribution in [3.63, 3.8) is 0 Å². The van der Waals surface area contributed by atoms with Gasteiger partial charge in [0.15, 0.2) is 0 Å². The van der Waals surface area contributed by atoms with Crippen LogP contribution in [0.3, 0.4) is 0 Å². The second-order valence-electron chi connectivity index (χ2n) is 12.1. The molecule has 32 heavy (non-hydrogen) atoms. The number of hydrogen-bond acceptors (Lipinski definition) is 2. The number of rotatable bonds is 3. The summed E-state index contributed by atoms with van der Waals surface area (Å²) in [6.45, 7) is 16.9. The number of furan rings is 1. The summed E-state index contributed by atoms with van der Waals surface area (Å²) in [6.07, 6.45) is 4.53. The molecule has 1 aliphatic carbocycles. The lowest BCUT2D eigenvalue weighted by molar-refractivity contribution is 0.239. The van der Waals surface area contributed by atoms with Gasteiger partial charge in [-0.2, -0.15) is 0 Å². The third-order valence-corrected chi connectivity index (χ3v) is 9.74. The van der Waals surface area contributed by atoms with Crippen LogP contribution in [0.25, 0.3) is 33.2 Å². The van der Waals surface area contributed by atoms with Crippen molar-refractivity contribution in [2.75, 3.05) is 0 Å². The maximum Gasteiger partial charge on any atom is 0.144 e. The van der Waals surface area contributed by atoms with Gasteiger partial charge in [0.2, 0.25) is 0 Å². The monoisotopic (exact) mass is 441 g/mol. The summed E-state index contributed by atoms with van der Waals surface area (Å²) in [6, 6.07) is 17.6. The lowest BCUT2D eigenvalue weighted by Crippen LogP contribution is -2.37. The van der Waals surface area contributed by atoms with Crippen molar-refractivity contribution in [3.05, 3.63) is 60.3 Å². The highest BCUT2D eigenvalue weighted by molar-refractivity contribution is 6.90. The Morgan fingerprint density at radius 2 is 1.59 bits per heavy atom. The lowest BCUT2D eigenvalue weighted by Gasteiger charge is -2.36. The van der Waals surface area contributed by atoms with Crippen LogP contribution in [-0.4, -0.2) is 13.1 Å². The van der Waals surface area contributed by atoms with E-state index >= 15 is 0 Å². The molecule has 3 heteroatoms. The van der Waals surface area contributed by atoms with Crippen molar-refractivity contribution in [1.82, 2.24) is 4.98 Å². The molecule has 0 amide bonds. The summed E-state index contributed by atoms with van der Waals surface area (Å²) < 4.78 is 6.50. The van der Waals surface area contributed by atoms with E-state index in [1.807, 2.05) is 6.20 Å². The van der Waals surface area contributed by atoms with Crippen LogP contribution >= 0.6 is 0 Å². The number of hydrogen-bond donors (Lipinski definition) is 0. The molecule has 4 aromatic rings. The molecule has 2 aromatic carbocycles. The van der Waals surface area contributed by atoms with Crippen molar-refractivity contribution in [1.29, 1.82) is 0 Å². The largest absolute Gasteiger partial charge is 0.455 e. The second kappa shape index (κ2) is 7.05. The van der Waals surface area contributed by atoms with Crippen molar-refractivity contribution < 1.29 is 4.42 Å². The highest BCUT2D eigenvalue weighted by Gasteiger charge is 2.47. The van der Waals surface area contributed by atoms with E-state index in [-0.39, 0.29) is 0 Å². The zero-order chi connectivity index (χ0) is 22.9. The van der Waals surface area contributed by atoms with E-state index < -0.39 is 8.07 Å². The molecule has 2 aromatic heterocycles. The molecule has 0 spiro atoms. The second-order valence-corrected chi connectivity index (χ2v) is 17.1. The number of para-hydroxylation sites is 1. The molecule has 0 atom stereocenters. The number of benzene rings is 2. The van der Waals surface area contributed by atoms with Crippen molar-refractivity contribution in [2.45, 2.75) is 66.1 Å². The zero-order valence-corrected chi connectivity index (χ0v) is 21.5. The number of pyridine rings is 1. The van der Waals surface area contributed by atoms with Gasteiger partial charge in [-0.1, -0.05) is 71.6 Å². The Kier molecular flexibility index (Phi) is 4.73. The first kappa shape index (κ1) is 21.5. The Balaban J connectivity index is 1.74. The molecule has 1 saturated carbocycles. The van der Waals surface area contributed by atoms with E-state index in [1.165, 1.54) is 34.4 Å². The molecule has 0 radical (unpaired) electrons. The molecule has 1 fully saturated rings. The Morgan fingerprint density at radius 1 is 0.906 bits per heavy atom. The Morgan fingerprint density at radius 3 is 2.28 bits per heavy atom. The van der Waals surface area contributed by atoms with Gasteiger partial charge in [-0.05, 0) is 64.6 Å². The van der Waals surface area contributed by atoms with E-state index in [1.54, 1.807) is 0 Å². The Hall–Kier alpha value is -2.39. The topological polar surface area (TPSA) is 26.0 Å². The maximum absolute atomic E-state index is 6.50. The van der Waals surface area contributed by atoms with Gasteiger partial charge in [0.25, 0.3) is 0 Å². The quantitative estimate of drug-likeness (QED) is 0.300. The third kappa shape index (κ3) is 3.33. The molecule has 5 rings (SSSR count). The van der Waals surface area contributed by atoms with Crippen molar-refractivity contribution >= 4 is 35.2 Å². The van der Waals surface area contributed by atoms with Gasteiger partial charge in [0.05, 0.1) is 13.8 Å². The standard InChI is InChI=1S/C29H35NOSi/c1-28(2)15-16-29(3,4)27(28)19-14-17-30-22(18-19)20-12-13-24(32(5,6)7)25-21-10-8-9-11-23(21)31-26(20)25/h8-14,17-18,27H,15-16H2,1-7H3. The first-order chi connectivity index (χ1) is 15.0. The predicted octanol–water partition coefficient (Wildman–Crippen LogP) is 8.12. The minimum Gasteiger partial charge on any atom is -0.455 e. The summed E-state index contributed by atoms with van der Waals surface area (Å²) in [7, 11) is -1.55. The molecule has 0 saturated heterocycles. The maximum atomic E-state index is 6.50. The fraction of sp³-hybridized carbons (Fsp3) is 0.414. The van der Waals surface area contributed by atoms with Crippen LogP contribution < -0.4 is 5.19 Å². The van der Waals surface area contributed by atoms with Crippen molar-refractivity contribution in [3.8, 4) is 11.3 Å². The SMILES string of the molecule is CC1(C)CCC(C)(C)C1c1ccnc(-c2ccc([Si](C)(C)C)c3c2oc2ccccc23)c1. The molecular weight excluding hydrogens is 406 g/mol. The first-order valence-electron chi connectivity index (χ1n) is 11.9. The molecule has 2 heterocycles. The van der Waals surface area contributed by atoms with Crippen LogP contribution in [0.2, 0.25) is 19.6 Å². The Labute approximate surface area is 193 Å². The zero-order valence-electron chi connectivity index (χ0n) is 20.5. The summed E-state index contributed by atoms with van der Waals surface area (Å²) in [4.78, 5) is 4.84. The fourth-order valence-electron chi connectivity index (χ4n) is 6.32. The highest BCUT2D eigenvalue weighted by Crippen LogP contribution is 2.59. The van der Waals surface area contributed by atoms with Gasteiger partial charge in [0.1, 0.15) is 11.2 Å². The minimum absolute atomic E-state index is 0.290. The molecule has 166 valence electrons. The highest BCUT2D eigenvalue weighted by atomic mass is 28.3. The molecule has 0 N–H and O–H groups in total.